The average Bonchev–Trinajstić information content (AvgIpc) is 2.26. The molecule has 0 radical (unpaired) electrons. The predicted molar refractivity (Wildman–Crippen MR) is 68.0 cm³/mol. The maximum atomic E-state index is 11.9. The second-order valence-corrected chi connectivity index (χ2v) is 4.48. The monoisotopic (exact) mass is 259 g/mol. The molecule has 1 unspecified atom stereocenters. The highest BCUT2D eigenvalue weighted by atomic mass is 35.5. The molecule has 0 fully saturated rings. The van der Waals surface area contributed by atoms with Crippen LogP contribution >= 0.6 is 23.2 Å². The summed E-state index contributed by atoms with van der Waals surface area (Å²) >= 11 is 11.9. The lowest BCUT2D eigenvalue weighted by Crippen LogP contribution is -2.24. The van der Waals surface area contributed by atoms with Crippen LogP contribution in [0.25, 0.3) is 0 Å². The van der Waals surface area contributed by atoms with Crippen LogP contribution in [0.2, 0.25) is 10.0 Å². The van der Waals surface area contributed by atoms with E-state index in [1.54, 1.807) is 12.1 Å². The Bertz CT molecular complexity index is 375. The van der Waals surface area contributed by atoms with Crippen LogP contribution in [0, 0.1) is 5.92 Å². The third-order valence-corrected chi connectivity index (χ3v) is 3.49. The van der Waals surface area contributed by atoms with Gasteiger partial charge in [-0.3, -0.25) is 4.79 Å². The molecule has 2 nitrogen and oxygen atoms in total. The number of benzene rings is 1. The third kappa shape index (κ3) is 3.21. The standard InChI is InChI=1S/C12H15Cl2NO/c1-2-8(7-15)11(16)6-9-4-3-5-10(13)12(9)14/h3-5,8H,2,6-7,15H2,1H3. The predicted octanol–water partition coefficient (Wildman–Crippen LogP) is 3.09. The number of hydrogen-bond donors (Lipinski definition) is 1. The summed E-state index contributed by atoms with van der Waals surface area (Å²) in [5, 5.41) is 0.942. The number of halogens is 2. The Morgan fingerprint density at radius 2 is 2.12 bits per heavy atom. The molecular formula is C12H15Cl2NO. The largest absolute Gasteiger partial charge is 0.330 e. The molecule has 0 saturated heterocycles. The summed E-state index contributed by atoms with van der Waals surface area (Å²) in [6.07, 6.45) is 1.06. The summed E-state index contributed by atoms with van der Waals surface area (Å²) in [6.45, 7) is 2.34. The second-order valence-electron chi connectivity index (χ2n) is 3.70. The van der Waals surface area contributed by atoms with Crippen molar-refractivity contribution in [1.29, 1.82) is 0 Å². The number of rotatable bonds is 5. The third-order valence-electron chi connectivity index (χ3n) is 2.63. The second kappa shape index (κ2) is 6.24. The summed E-state index contributed by atoms with van der Waals surface area (Å²) in [4.78, 5) is 11.9. The van der Waals surface area contributed by atoms with Crippen molar-refractivity contribution in [1.82, 2.24) is 0 Å². The number of Topliss-reactive ketones (excluding diaryl/α,β-unsaturated/α-hetero) is 1. The van der Waals surface area contributed by atoms with Crippen LogP contribution in [0.1, 0.15) is 18.9 Å². The van der Waals surface area contributed by atoms with E-state index in [-0.39, 0.29) is 11.7 Å². The minimum Gasteiger partial charge on any atom is -0.330 e. The molecule has 0 aliphatic carbocycles. The normalized spacial score (nSPS) is 12.5. The van der Waals surface area contributed by atoms with Crippen LogP contribution < -0.4 is 5.73 Å². The van der Waals surface area contributed by atoms with Crippen molar-refractivity contribution in [3.8, 4) is 0 Å². The van der Waals surface area contributed by atoms with Gasteiger partial charge in [-0.1, -0.05) is 42.3 Å². The number of carbonyl (C=O) groups is 1. The first-order valence-corrected chi connectivity index (χ1v) is 6.01. The van der Waals surface area contributed by atoms with Crippen LogP contribution in [0.5, 0.6) is 0 Å². The van der Waals surface area contributed by atoms with Gasteiger partial charge in [0.1, 0.15) is 5.78 Å². The maximum Gasteiger partial charge on any atom is 0.141 e. The summed E-state index contributed by atoms with van der Waals surface area (Å²) in [5.41, 5.74) is 6.30. The van der Waals surface area contributed by atoms with Crippen molar-refractivity contribution >= 4 is 29.0 Å². The number of carbonyl (C=O) groups excluding carboxylic acids is 1. The van der Waals surface area contributed by atoms with Gasteiger partial charge in [0.05, 0.1) is 10.0 Å². The number of ketones is 1. The SMILES string of the molecule is CCC(CN)C(=O)Cc1cccc(Cl)c1Cl. The molecule has 1 aromatic carbocycles. The summed E-state index contributed by atoms with van der Waals surface area (Å²) in [5.74, 6) is 0.0317. The molecule has 0 aliphatic heterocycles. The van der Waals surface area contributed by atoms with Crippen LogP contribution in [-0.4, -0.2) is 12.3 Å². The van der Waals surface area contributed by atoms with Gasteiger partial charge in [0.25, 0.3) is 0 Å². The molecule has 0 heterocycles. The number of hydrogen-bond acceptors (Lipinski definition) is 2. The molecule has 0 aliphatic rings. The molecule has 0 bridgehead atoms. The summed E-state index contributed by atoms with van der Waals surface area (Å²) in [7, 11) is 0. The van der Waals surface area contributed by atoms with Crippen LogP contribution in [0.4, 0.5) is 0 Å². The van der Waals surface area contributed by atoms with E-state index in [0.717, 1.165) is 12.0 Å². The van der Waals surface area contributed by atoms with Gasteiger partial charge in [-0.15, -0.1) is 0 Å². The number of nitrogens with two attached hydrogens (primary N) is 1. The van der Waals surface area contributed by atoms with Crippen molar-refractivity contribution in [2.24, 2.45) is 11.7 Å². The fourth-order valence-corrected chi connectivity index (χ4v) is 1.93. The van der Waals surface area contributed by atoms with Gasteiger partial charge in [-0.05, 0) is 18.1 Å². The quantitative estimate of drug-likeness (QED) is 0.884. The molecule has 1 rings (SSSR count). The van der Waals surface area contributed by atoms with Gasteiger partial charge in [0.15, 0.2) is 0 Å². The van der Waals surface area contributed by atoms with Gasteiger partial charge in [0.2, 0.25) is 0 Å². The van der Waals surface area contributed by atoms with Crippen LogP contribution in [-0.2, 0) is 11.2 Å². The minimum atomic E-state index is -0.0879. The first-order chi connectivity index (χ1) is 7.60. The highest BCUT2D eigenvalue weighted by Crippen LogP contribution is 2.26. The van der Waals surface area contributed by atoms with Crippen molar-refractivity contribution in [2.75, 3.05) is 6.54 Å². The maximum absolute atomic E-state index is 11.9. The topological polar surface area (TPSA) is 43.1 Å². The van der Waals surface area contributed by atoms with E-state index in [9.17, 15) is 4.79 Å². The van der Waals surface area contributed by atoms with E-state index in [1.807, 2.05) is 13.0 Å². The zero-order chi connectivity index (χ0) is 12.1. The smallest absolute Gasteiger partial charge is 0.141 e. The lowest BCUT2D eigenvalue weighted by Gasteiger charge is -2.11. The first kappa shape index (κ1) is 13.5. The molecule has 16 heavy (non-hydrogen) atoms. The average molecular weight is 260 g/mol. The zero-order valence-corrected chi connectivity index (χ0v) is 10.7. The van der Waals surface area contributed by atoms with Crippen molar-refractivity contribution in [2.45, 2.75) is 19.8 Å². The summed E-state index contributed by atoms with van der Waals surface area (Å²) in [6, 6.07) is 5.31. The first-order valence-electron chi connectivity index (χ1n) is 5.25. The minimum absolute atomic E-state index is 0.0879. The molecule has 1 atom stereocenters. The van der Waals surface area contributed by atoms with Crippen LogP contribution in [0.15, 0.2) is 18.2 Å². The molecule has 4 heteroatoms. The van der Waals surface area contributed by atoms with Crippen molar-refractivity contribution in [3.05, 3.63) is 33.8 Å². The molecule has 1 aromatic rings. The van der Waals surface area contributed by atoms with Gasteiger partial charge in [-0.2, -0.15) is 0 Å². The fraction of sp³-hybridized carbons (Fsp3) is 0.417. The Kier molecular flexibility index (Phi) is 5.26. The molecular weight excluding hydrogens is 245 g/mol. The van der Waals surface area contributed by atoms with Gasteiger partial charge >= 0.3 is 0 Å². The van der Waals surface area contributed by atoms with E-state index in [0.29, 0.717) is 23.0 Å². The van der Waals surface area contributed by atoms with E-state index in [1.165, 1.54) is 0 Å². The van der Waals surface area contributed by atoms with Gasteiger partial charge in [-0.25, -0.2) is 0 Å². The highest BCUT2D eigenvalue weighted by Gasteiger charge is 2.16. The Morgan fingerprint density at radius 3 is 2.69 bits per heavy atom. The van der Waals surface area contributed by atoms with E-state index >= 15 is 0 Å². The van der Waals surface area contributed by atoms with Crippen molar-refractivity contribution < 1.29 is 4.79 Å². The molecule has 0 spiro atoms. The van der Waals surface area contributed by atoms with Gasteiger partial charge in [0, 0.05) is 18.9 Å². The van der Waals surface area contributed by atoms with E-state index < -0.39 is 0 Å². The summed E-state index contributed by atoms with van der Waals surface area (Å²) < 4.78 is 0. The molecule has 0 saturated carbocycles. The van der Waals surface area contributed by atoms with Crippen LogP contribution in [0.3, 0.4) is 0 Å². The Morgan fingerprint density at radius 1 is 1.44 bits per heavy atom. The molecule has 2 N–H and O–H groups in total. The molecule has 0 aromatic heterocycles. The Balaban J connectivity index is 2.80. The van der Waals surface area contributed by atoms with Crippen molar-refractivity contribution in [3.63, 3.8) is 0 Å². The lowest BCUT2D eigenvalue weighted by molar-refractivity contribution is -0.122. The highest BCUT2D eigenvalue weighted by molar-refractivity contribution is 6.42. The Hall–Kier alpha value is -0.570. The molecule has 88 valence electrons. The Labute approximate surface area is 106 Å². The zero-order valence-electron chi connectivity index (χ0n) is 9.17. The lowest BCUT2D eigenvalue weighted by atomic mass is 9.96. The van der Waals surface area contributed by atoms with E-state index in [2.05, 4.69) is 0 Å². The molecule has 0 amide bonds. The van der Waals surface area contributed by atoms with Gasteiger partial charge < -0.3 is 5.73 Å². The fourth-order valence-electron chi connectivity index (χ4n) is 1.54. The van der Waals surface area contributed by atoms with E-state index in [4.69, 9.17) is 28.9 Å².